The first kappa shape index (κ1) is 14.3. The number of anilines is 1. The predicted molar refractivity (Wildman–Crippen MR) is 75.4 cm³/mol. The Balaban J connectivity index is 2.25. The van der Waals surface area contributed by atoms with Crippen LogP contribution in [0, 0.1) is 16.7 Å². The van der Waals surface area contributed by atoms with Gasteiger partial charge in [-0.3, -0.25) is 4.79 Å². The van der Waals surface area contributed by atoms with Gasteiger partial charge < -0.3 is 10.0 Å². The molecule has 5 heteroatoms. The summed E-state index contributed by atoms with van der Waals surface area (Å²) in [5.74, 6) is -0.0223. The van der Waals surface area contributed by atoms with Crippen LogP contribution in [0.2, 0.25) is 0 Å². The van der Waals surface area contributed by atoms with E-state index in [4.69, 9.17) is 5.26 Å². The Kier molecular flexibility index (Phi) is 4.23. The lowest BCUT2D eigenvalue weighted by molar-refractivity contribution is -0.150. The van der Waals surface area contributed by atoms with Crippen molar-refractivity contribution in [1.82, 2.24) is 4.98 Å². The molecular weight excluding hydrogens is 254 g/mol. The SMILES string of the molecule is CCCC1(C(=O)O)CCCN(c2cc(C#N)ccn2)C1. The highest BCUT2D eigenvalue weighted by molar-refractivity contribution is 5.76. The number of piperidine rings is 1. The summed E-state index contributed by atoms with van der Waals surface area (Å²) in [6, 6.07) is 5.47. The second-order valence-electron chi connectivity index (χ2n) is 5.38. The maximum absolute atomic E-state index is 11.7. The number of carboxylic acid groups (broad SMARTS) is 1. The molecule has 1 aliphatic rings. The molecule has 1 aromatic rings. The molecule has 1 N–H and O–H groups in total. The van der Waals surface area contributed by atoms with Gasteiger partial charge in [-0.05, 0) is 31.4 Å². The standard InChI is InChI=1S/C15H19N3O2/c1-2-5-15(14(19)20)6-3-8-18(11-15)13-9-12(10-16)4-7-17-13/h4,7,9H,2-3,5-6,8,11H2,1H3,(H,19,20). The molecule has 20 heavy (non-hydrogen) atoms. The normalized spacial score (nSPS) is 22.3. The average Bonchev–Trinajstić information content (AvgIpc) is 2.48. The molecule has 1 aliphatic heterocycles. The van der Waals surface area contributed by atoms with Crippen LogP contribution in [-0.4, -0.2) is 29.1 Å². The van der Waals surface area contributed by atoms with Crippen LogP contribution in [0.4, 0.5) is 5.82 Å². The number of rotatable bonds is 4. The topological polar surface area (TPSA) is 77.2 Å². The van der Waals surface area contributed by atoms with Gasteiger partial charge in [-0.1, -0.05) is 13.3 Å². The fraction of sp³-hybridized carbons (Fsp3) is 0.533. The third-order valence-electron chi connectivity index (χ3n) is 3.96. The number of pyridine rings is 1. The summed E-state index contributed by atoms with van der Waals surface area (Å²) < 4.78 is 0. The average molecular weight is 273 g/mol. The van der Waals surface area contributed by atoms with Crippen molar-refractivity contribution in [3.8, 4) is 6.07 Å². The van der Waals surface area contributed by atoms with Crippen molar-refractivity contribution in [3.63, 3.8) is 0 Å². The lowest BCUT2D eigenvalue weighted by Gasteiger charge is -2.40. The minimum Gasteiger partial charge on any atom is -0.481 e. The molecule has 0 aliphatic carbocycles. The molecule has 1 aromatic heterocycles. The highest BCUT2D eigenvalue weighted by Gasteiger charge is 2.41. The fourth-order valence-corrected chi connectivity index (χ4v) is 2.95. The Morgan fingerprint density at radius 1 is 1.65 bits per heavy atom. The molecule has 2 rings (SSSR count). The monoisotopic (exact) mass is 273 g/mol. The predicted octanol–water partition coefficient (Wildman–Crippen LogP) is 2.42. The number of hydrogen-bond acceptors (Lipinski definition) is 4. The number of carboxylic acids is 1. The van der Waals surface area contributed by atoms with Crippen LogP contribution in [0.15, 0.2) is 18.3 Å². The van der Waals surface area contributed by atoms with Crippen molar-refractivity contribution in [2.75, 3.05) is 18.0 Å². The minimum atomic E-state index is -0.722. The van der Waals surface area contributed by atoms with E-state index in [0.29, 0.717) is 30.8 Å². The Labute approximate surface area is 118 Å². The summed E-state index contributed by atoms with van der Waals surface area (Å²) in [4.78, 5) is 17.9. The summed E-state index contributed by atoms with van der Waals surface area (Å²) in [6.07, 6.45) is 4.68. The Morgan fingerprint density at radius 2 is 2.45 bits per heavy atom. The first-order valence-corrected chi connectivity index (χ1v) is 6.96. The summed E-state index contributed by atoms with van der Waals surface area (Å²) in [5, 5.41) is 18.5. The van der Waals surface area contributed by atoms with Gasteiger partial charge in [-0.15, -0.1) is 0 Å². The van der Waals surface area contributed by atoms with E-state index in [1.54, 1.807) is 18.3 Å². The fourth-order valence-electron chi connectivity index (χ4n) is 2.95. The highest BCUT2D eigenvalue weighted by Crippen LogP contribution is 2.36. The van der Waals surface area contributed by atoms with Crippen LogP contribution in [0.3, 0.4) is 0 Å². The molecule has 0 aromatic carbocycles. The molecule has 1 unspecified atom stereocenters. The van der Waals surface area contributed by atoms with Gasteiger partial charge >= 0.3 is 5.97 Å². The third-order valence-corrected chi connectivity index (χ3v) is 3.96. The molecule has 5 nitrogen and oxygen atoms in total. The number of nitriles is 1. The largest absolute Gasteiger partial charge is 0.481 e. The van der Waals surface area contributed by atoms with E-state index in [0.717, 1.165) is 19.4 Å². The number of carbonyl (C=O) groups is 1. The third kappa shape index (κ3) is 2.74. The summed E-state index contributed by atoms with van der Waals surface area (Å²) in [6.45, 7) is 3.27. The van der Waals surface area contributed by atoms with Gasteiger partial charge in [-0.25, -0.2) is 4.98 Å². The number of nitrogens with zero attached hydrogens (tertiary/aromatic N) is 3. The van der Waals surface area contributed by atoms with Crippen LogP contribution in [0.25, 0.3) is 0 Å². The van der Waals surface area contributed by atoms with E-state index >= 15 is 0 Å². The molecule has 2 heterocycles. The Hall–Kier alpha value is -2.09. The van der Waals surface area contributed by atoms with E-state index in [1.165, 1.54) is 0 Å². The van der Waals surface area contributed by atoms with Crippen LogP contribution in [0.5, 0.6) is 0 Å². The second-order valence-corrected chi connectivity index (χ2v) is 5.38. The molecule has 0 radical (unpaired) electrons. The van der Waals surface area contributed by atoms with Gasteiger partial charge in [0, 0.05) is 19.3 Å². The van der Waals surface area contributed by atoms with Crippen LogP contribution in [0.1, 0.15) is 38.2 Å². The second kappa shape index (κ2) is 5.91. The number of hydrogen-bond donors (Lipinski definition) is 1. The van der Waals surface area contributed by atoms with Crippen LogP contribution >= 0.6 is 0 Å². The van der Waals surface area contributed by atoms with Gasteiger partial charge in [0.15, 0.2) is 0 Å². The van der Waals surface area contributed by atoms with E-state index in [-0.39, 0.29) is 0 Å². The van der Waals surface area contributed by atoms with Gasteiger partial charge in [0.2, 0.25) is 0 Å². The summed E-state index contributed by atoms with van der Waals surface area (Å²) >= 11 is 0. The zero-order chi connectivity index (χ0) is 14.6. The van der Waals surface area contributed by atoms with Crippen molar-refractivity contribution in [2.24, 2.45) is 5.41 Å². The van der Waals surface area contributed by atoms with Crippen molar-refractivity contribution in [3.05, 3.63) is 23.9 Å². The molecule has 1 atom stereocenters. The molecular formula is C15H19N3O2. The van der Waals surface area contributed by atoms with Crippen molar-refractivity contribution in [2.45, 2.75) is 32.6 Å². The zero-order valence-corrected chi connectivity index (χ0v) is 11.7. The van der Waals surface area contributed by atoms with Gasteiger partial charge in [0.1, 0.15) is 5.82 Å². The lowest BCUT2D eigenvalue weighted by atomic mass is 9.76. The zero-order valence-electron chi connectivity index (χ0n) is 11.7. The highest BCUT2D eigenvalue weighted by atomic mass is 16.4. The summed E-state index contributed by atoms with van der Waals surface area (Å²) in [5.41, 5.74) is -0.130. The maximum Gasteiger partial charge on any atom is 0.311 e. The maximum atomic E-state index is 11.7. The molecule has 0 spiro atoms. The first-order chi connectivity index (χ1) is 9.61. The number of aromatic nitrogens is 1. The van der Waals surface area contributed by atoms with Crippen molar-refractivity contribution in [1.29, 1.82) is 5.26 Å². The quantitative estimate of drug-likeness (QED) is 0.911. The molecule has 0 saturated carbocycles. The minimum absolute atomic E-state index is 0.470. The van der Waals surface area contributed by atoms with Gasteiger partial charge in [0.05, 0.1) is 17.0 Å². The molecule has 0 amide bonds. The van der Waals surface area contributed by atoms with Crippen molar-refractivity contribution < 1.29 is 9.90 Å². The summed E-state index contributed by atoms with van der Waals surface area (Å²) in [7, 11) is 0. The van der Waals surface area contributed by atoms with Gasteiger partial charge in [0.25, 0.3) is 0 Å². The van der Waals surface area contributed by atoms with E-state index in [9.17, 15) is 9.90 Å². The Morgan fingerprint density at radius 3 is 3.10 bits per heavy atom. The molecule has 106 valence electrons. The van der Waals surface area contributed by atoms with Crippen molar-refractivity contribution >= 4 is 11.8 Å². The molecule has 1 fully saturated rings. The van der Waals surface area contributed by atoms with E-state index in [1.807, 2.05) is 11.8 Å². The van der Waals surface area contributed by atoms with Crippen LogP contribution < -0.4 is 4.90 Å². The van der Waals surface area contributed by atoms with Gasteiger partial charge in [-0.2, -0.15) is 5.26 Å². The van der Waals surface area contributed by atoms with Crippen LogP contribution in [-0.2, 0) is 4.79 Å². The molecule has 0 bridgehead atoms. The lowest BCUT2D eigenvalue weighted by Crippen LogP contribution is -2.48. The smallest absolute Gasteiger partial charge is 0.311 e. The first-order valence-electron chi connectivity index (χ1n) is 6.96. The number of aliphatic carboxylic acids is 1. The Bertz CT molecular complexity index is 534. The van der Waals surface area contributed by atoms with E-state index in [2.05, 4.69) is 11.1 Å². The van der Waals surface area contributed by atoms with E-state index < -0.39 is 11.4 Å². The molecule has 1 saturated heterocycles.